The Morgan fingerprint density at radius 1 is 1.19 bits per heavy atom. The van der Waals surface area contributed by atoms with Gasteiger partial charge in [-0.15, -0.1) is 5.10 Å². The zero-order chi connectivity index (χ0) is 25.1. The first-order valence-corrected chi connectivity index (χ1v) is 12.5. The fourth-order valence-electron chi connectivity index (χ4n) is 4.94. The number of hydrogen-bond acceptors (Lipinski definition) is 5. The predicted molar refractivity (Wildman–Crippen MR) is 141 cm³/mol. The molecule has 3 aromatic heterocycles. The van der Waals surface area contributed by atoms with Crippen LogP contribution in [0.3, 0.4) is 0 Å². The number of imidazole rings is 1. The largest absolute Gasteiger partial charge is 0.334 e. The van der Waals surface area contributed by atoms with Crippen molar-refractivity contribution >= 4 is 6.21 Å². The Morgan fingerprint density at radius 2 is 2.08 bits per heavy atom. The number of unbranched alkanes of at least 4 members (excludes halogenated alkanes) is 1. The van der Waals surface area contributed by atoms with E-state index < -0.39 is 5.41 Å². The fraction of sp³-hybridized carbons (Fsp3) is 0.370. The Balaban J connectivity index is 1.61. The van der Waals surface area contributed by atoms with E-state index in [-0.39, 0.29) is 11.7 Å². The monoisotopic (exact) mass is 484 g/mol. The number of aromatic nitrogens is 7. The molecule has 0 bridgehead atoms. The summed E-state index contributed by atoms with van der Waals surface area (Å²) in [5.41, 5.74) is 2.59. The van der Waals surface area contributed by atoms with Crippen LogP contribution in [0.1, 0.15) is 57.3 Å². The van der Waals surface area contributed by atoms with Crippen LogP contribution in [0.5, 0.6) is 0 Å². The third-order valence-electron chi connectivity index (χ3n) is 6.95. The van der Waals surface area contributed by atoms with Crippen LogP contribution in [0.25, 0.3) is 17.2 Å². The van der Waals surface area contributed by atoms with Gasteiger partial charge in [0.15, 0.2) is 5.82 Å². The molecule has 1 N–H and O–H groups in total. The minimum atomic E-state index is -0.428. The standard InChI is InChI=1S/C27H32N8O/c1-4-5-10-23-18-34(24-11-7-16-33(24)20(2)3)26(36)35(23)19-27(12-14-28-15-13-27)22-9-6-8-21(17-22)25-29-31-32-30-25/h6-9,11-12,14-18,20H,4-5,10,13,19H2,1-3H3,(H,29,30,31,32). The van der Waals surface area contributed by atoms with E-state index in [9.17, 15) is 4.79 Å². The van der Waals surface area contributed by atoms with Crippen molar-refractivity contribution in [3.63, 3.8) is 0 Å². The average molecular weight is 485 g/mol. The van der Waals surface area contributed by atoms with E-state index in [4.69, 9.17) is 0 Å². The molecule has 1 aromatic carbocycles. The summed E-state index contributed by atoms with van der Waals surface area (Å²) in [7, 11) is 0. The molecule has 9 nitrogen and oxygen atoms in total. The highest BCUT2D eigenvalue weighted by atomic mass is 16.1. The number of allylic oxidation sites excluding steroid dienone is 1. The van der Waals surface area contributed by atoms with Gasteiger partial charge in [-0.3, -0.25) is 14.1 Å². The van der Waals surface area contributed by atoms with E-state index in [1.807, 2.05) is 53.6 Å². The van der Waals surface area contributed by atoms with Gasteiger partial charge in [-0.25, -0.2) is 9.89 Å². The van der Waals surface area contributed by atoms with E-state index in [0.29, 0.717) is 18.8 Å². The van der Waals surface area contributed by atoms with Crippen LogP contribution in [0.15, 0.2) is 70.9 Å². The van der Waals surface area contributed by atoms with Gasteiger partial charge in [0, 0.05) is 54.1 Å². The highest BCUT2D eigenvalue weighted by Crippen LogP contribution is 2.35. The lowest BCUT2D eigenvalue weighted by molar-refractivity contribution is 0.438. The van der Waals surface area contributed by atoms with Crippen LogP contribution in [0, 0.1) is 0 Å². The van der Waals surface area contributed by atoms with Crippen molar-refractivity contribution in [2.45, 2.75) is 64.5 Å². The highest BCUT2D eigenvalue weighted by Gasteiger charge is 2.33. The van der Waals surface area contributed by atoms with E-state index in [2.05, 4.69) is 69.2 Å². The van der Waals surface area contributed by atoms with Gasteiger partial charge in [-0.2, -0.15) is 0 Å². The summed E-state index contributed by atoms with van der Waals surface area (Å²) in [4.78, 5) is 18.3. The Kier molecular flexibility index (Phi) is 6.54. The topological polar surface area (TPSA) is 98.7 Å². The molecule has 1 aliphatic heterocycles. The maximum Gasteiger partial charge on any atom is 0.334 e. The molecule has 5 rings (SSSR count). The molecule has 0 saturated carbocycles. The number of aryl methyl sites for hydroxylation is 1. The number of H-pyrrole nitrogens is 1. The summed E-state index contributed by atoms with van der Waals surface area (Å²) >= 11 is 0. The van der Waals surface area contributed by atoms with Gasteiger partial charge >= 0.3 is 5.69 Å². The maximum absolute atomic E-state index is 14.0. The number of aromatic amines is 1. The molecular formula is C27H32N8O. The van der Waals surface area contributed by atoms with Gasteiger partial charge < -0.3 is 4.57 Å². The fourth-order valence-corrected chi connectivity index (χ4v) is 4.94. The number of benzene rings is 1. The number of hydrogen-bond donors (Lipinski definition) is 1. The van der Waals surface area contributed by atoms with Gasteiger partial charge in [-0.05, 0) is 67.3 Å². The lowest BCUT2D eigenvalue weighted by atomic mass is 9.76. The van der Waals surface area contributed by atoms with Gasteiger partial charge in [-0.1, -0.05) is 37.6 Å². The minimum absolute atomic E-state index is 0.0208. The lowest BCUT2D eigenvalue weighted by Crippen LogP contribution is -2.37. The van der Waals surface area contributed by atoms with E-state index in [1.165, 1.54) is 0 Å². The molecule has 1 aliphatic rings. The molecule has 36 heavy (non-hydrogen) atoms. The van der Waals surface area contributed by atoms with Crippen LogP contribution in [0.2, 0.25) is 0 Å². The second kappa shape index (κ2) is 9.93. The second-order valence-corrected chi connectivity index (χ2v) is 9.67. The number of nitrogens with one attached hydrogen (secondary N) is 1. The number of aliphatic imine (C=N–C) groups is 1. The summed E-state index contributed by atoms with van der Waals surface area (Å²) in [6.07, 6.45) is 13.6. The summed E-state index contributed by atoms with van der Waals surface area (Å²) in [5.74, 6) is 1.50. The van der Waals surface area contributed by atoms with Crippen molar-refractivity contribution in [1.82, 2.24) is 34.3 Å². The maximum atomic E-state index is 14.0. The van der Waals surface area contributed by atoms with Crippen molar-refractivity contribution in [2.75, 3.05) is 0 Å². The van der Waals surface area contributed by atoms with Crippen LogP contribution in [-0.4, -0.2) is 40.5 Å². The Hall–Kier alpha value is -4.01. The lowest BCUT2D eigenvalue weighted by Gasteiger charge is -2.32. The number of rotatable bonds is 9. The van der Waals surface area contributed by atoms with Crippen molar-refractivity contribution in [3.8, 4) is 17.2 Å². The van der Waals surface area contributed by atoms with E-state index >= 15 is 0 Å². The first-order valence-electron chi connectivity index (χ1n) is 12.5. The zero-order valence-corrected chi connectivity index (χ0v) is 21.0. The smallest absolute Gasteiger partial charge is 0.332 e. The molecule has 0 fully saturated rings. The Morgan fingerprint density at radius 3 is 2.81 bits per heavy atom. The molecule has 1 unspecified atom stereocenters. The van der Waals surface area contributed by atoms with Gasteiger partial charge in [0.2, 0.25) is 0 Å². The highest BCUT2D eigenvalue weighted by molar-refractivity contribution is 5.65. The summed E-state index contributed by atoms with van der Waals surface area (Å²) in [6, 6.07) is 12.5. The molecule has 0 saturated heterocycles. The molecular weight excluding hydrogens is 452 g/mol. The van der Waals surface area contributed by atoms with Crippen molar-refractivity contribution < 1.29 is 0 Å². The van der Waals surface area contributed by atoms with Crippen LogP contribution in [-0.2, 0) is 18.4 Å². The van der Waals surface area contributed by atoms with Crippen molar-refractivity contribution in [2.24, 2.45) is 4.99 Å². The van der Waals surface area contributed by atoms with Crippen LogP contribution < -0.4 is 5.69 Å². The van der Waals surface area contributed by atoms with Crippen LogP contribution >= 0.6 is 0 Å². The SMILES string of the molecule is CCCCc1cn(-c2cccn2C(C)C)c(=O)n1CC1(c2cccc(-c3nnn[nH]3)c2)C=CN=CC1. The molecule has 0 aliphatic carbocycles. The van der Waals surface area contributed by atoms with Crippen molar-refractivity contribution in [1.29, 1.82) is 0 Å². The molecule has 0 amide bonds. The molecule has 0 spiro atoms. The first kappa shape index (κ1) is 23.7. The number of tetrazole rings is 1. The Bertz CT molecular complexity index is 1440. The van der Waals surface area contributed by atoms with Gasteiger partial charge in [0.25, 0.3) is 0 Å². The molecule has 1 atom stereocenters. The zero-order valence-electron chi connectivity index (χ0n) is 21.0. The molecule has 4 heterocycles. The molecule has 186 valence electrons. The second-order valence-electron chi connectivity index (χ2n) is 9.67. The van der Waals surface area contributed by atoms with Crippen molar-refractivity contribution in [3.05, 3.63) is 82.8 Å². The minimum Gasteiger partial charge on any atom is -0.332 e. The summed E-state index contributed by atoms with van der Waals surface area (Å²) in [6.45, 7) is 6.94. The third kappa shape index (κ3) is 4.36. The Labute approximate surface area is 210 Å². The van der Waals surface area contributed by atoms with Crippen LogP contribution in [0.4, 0.5) is 0 Å². The van der Waals surface area contributed by atoms with E-state index in [0.717, 1.165) is 41.9 Å². The average Bonchev–Trinajstić information content (AvgIpc) is 3.65. The summed E-state index contributed by atoms with van der Waals surface area (Å²) < 4.78 is 5.89. The summed E-state index contributed by atoms with van der Waals surface area (Å²) in [5, 5.41) is 14.4. The quantitative estimate of drug-likeness (QED) is 0.379. The molecule has 4 aromatic rings. The molecule has 9 heteroatoms. The van der Waals surface area contributed by atoms with E-state index in [1.54, 1.807) is 4.57 Å². The predicted octanol–water partition coefficient (Wildman–Crippen LogP) is 4.47. The molecule has 0 radical (unpaired) electrons. The normalized spacial score (nSPS) is 17.3. The first-order chi connectivity index (χ1) is 17.5. The number of nitrogens with zero attached hydrogens (tertiary/aromatic N) is 7. The van der Waals surface area contributed by atoms with Gasteiger partial charge in [0.1, 0.15) is 5.82 Å². The van der Waals surface area contributed by atoms with Gasteiger partial charge in [0.05, 0.1) is 0 Å². The third-order valence-corrected chi connectivity index (χ3v) is 6.95.